The molecule has 3 atom stereocenters. The van der Waals surface area contributed by atoms with Crippen LogP contribution in [-0.2, 0) is 0 Å². The summed E-state index contributed by atoms with van der Waals surface area (Å²) in [7, 11) is 0. The first-order valence-electron chi connectivity index (χ1n) is 5.09. The van der Waals surface area contributed by atoms with Crippen LogP contribution >= 0.6 is 0 Å². The van der Waals surface area contributed by atoms with Gasteiger partial charge in [-0.1, -0.05) is 11.6 Å². The minimum Gasteiger partial charge on any atom is -0.393 e. The van der Waals surface area contributed by atoms with Gasteiger partial charge in [-0.3, -0.25) is 0 Å². The fourth-order valence-corrected chi connectivity index (χ4v) is 1.86. The van der Waals surface area contributed by atoms with Crippen LogP contribution in [0.3, 0.4) is 0 Å². The van der Waals surface area contributed by atoms with Crippen molar-refractivity contribution in [2.75, 3.05) is 0 Å². The van der Waals surface area contributed by atoms with Crippen molar-refractivity contribution in [3.8, 4) is 0 Å². The van der Waals surface area contributed by atoms with Gasteiger partial charge in [-0.2, -0.15) is 0 Å². The molecule has 2 heteroatoms. The Bertz CT molecular complexity index is 183. The molecule has 1 aliphatic rings. The third-order valence-corrected chi connectivity index (χ3v) is 2.74. The molecule has 1 rings (SSSR count). The molecule has 1 aliphatic carbocycles. The SMILES string of the molecule is CC(C)=CC[C@@H]1C[C@@H](O)CC[C@@H]1O. The smallest absolute Gasteiger partial charge is 0.0573 e. The van der Waals surface area contributed by atoms with Crippen LogP contribution in [-0.4, -0.2) is 22.4 Å². The summed E-state index contributed by atoms with van der Waals surface area (Å²) in [6.07, 6.45) is 4.91. The lowest BCUT2D eigenvalue weighted by molar-refractivity contribution is 0.00816. The Balaban J connectivity index is 2.42. The highest BCUT2D eigenvalue weighted by Gasteiger charge is 2.26. The fraction of sp³-hybridized carbons (Fsp3) is 0.818. The summed E-state index contributed by atoms with van der Waals surface area (Å²) < 4.78 is 0. The lowest BCUT2D eigenvalue weighted by Gasteiger charge is -2.30. The predicted octanol–water partition coefficient (Wildman–Crippen LogP) is 1.86. The molecule has 13 heavy (non-hydrogen) atoms. The van der Waals surface area contributed by atoms with Gasteiger partial charge in [0.05, 0.1) is 12.2 Å². The first kappa shape index (κ1) is 10.7. The molecule has 0 aromatic carbocycles. The van der Waals surface area contributed by atoms with Crippen LogP contribution in [0, 0.1) is 5.92 Å². The standard InChI is InChI=1S/C11H20O2/c1-8(2)3-4-9-7-10(12)5-6-11(9)13/h3,9-13H,4-7H2,1-2H3/t9-,10+,11+/m1/s1. The van der Waals surface area contributed by atoms with Crippen LogP contribution in [0.2, 0.25) is 0 Å². The van der Waals surface area contributed by atoms with Gasteiger partial charge in [0, 0.05) is 0 Å². The van der Waals surface area contributed by atoms with Crippen molar-refractivity contribution in [3.05, 3.63) is 11.6 Å². The molecule has 1 saturated carbocycles. The van der Waals surface area contributed by atoms with Crippen molar-refractivity contribution in [2.24, 2.45) is 5.92 Å². The van der Waals surface area contributed by atoms with Gasteiger partial charge in [0.15, 0.2) is 0 Å². The van der Waals surface area contributed by atoms with E-state index in [1.807, 2.05) is 0 Å². The minimum absolute atomic E-state index is 0.195. The third kappa shape index (κ3) is 3.49. The highest BCUT2D eigenvalue weighted by molar-refractivity contribution is 4.96. The molecule has 0 aliphatic heterocycles. The molecule has 0 unspecified atom stereocenters. The van der Waals surface area contributed by atoms with Crippen LogP contribution in [0.4, 0.5) is 0 Å². The molecule has 0 heterocycles. The molecule has 76 valence electrons. The maximum Gasteiger partial charge on any atom is 0.0573 e. The maximum absolute atomic E-state index is 9.66. The summed E-state index contributed by atoms with van der Waals surface area (Å²) in [6.45, 7) is 4.12. The monoisotopic (exact) mass is 184 g/mol. The van der Waals surface area contributed by atoms with Gasteiger partial charge in [0.2, 0.25) is 0 Å². The van der Waals surface area contributed by atoms with E-state index in [4.69, 9.17) is 0 Å². The molecule has 0 spiro atoms. The Morgan fingerprint density at radius 1 is 1.31 bits per heavy atom. The summed E-state index contributed by atoms with van der Waals surface area (Å²) in [6, 6.07) is 0. The fourth-order valence-electron chi connectivity index (χ4n) is 1.86. The molecule has 0 bridgehead atoms. The number of rotatable bonds is 2. The van der Waals surface area contributed by atoms with Crippen LogP contribution in [0.15, 0.2) is 11.6 Å². The van der Waals surface area contributed by atoms with E-state index in [-0.39, 0.29) is 18.1 Å². The van der Waals surface area contributed by atoms with Crippen molar-refractivity contribution >= 4 is 0 Å². The van der Waals surface area contributed by atoms with Crippen molar-refractivity contribution < 1.29 is 10.2 Å². The van der Waals surface area contributed by atoms with Crippen molar-refractivity contribution in [3.63, 3.8) is 0 Å². The van der Waals surface area contributed by atoms with Crippen molar-refractivity contribution in [1.82, 2.24) is 0 Å². The zero-order chi connectivity index (χ0) is 9.84. The van der Waals surface area contributed by atoms with Gasteiger partial charge < -0.3 is 10.2 Å². The van der Waals surface area contributed by atoms with E-state index >= 15 is 0 Å². The Kier molecular flexibility index (Phi) is 3.94. The number of hydrogen-bond acceptors (Lipinski definition) is 2. The van der Waals surface area contributed by atoms with E-state index in [1.165, 1.54) is 5.57 Å². The minimum atomic E-state index is -0.209. The molecule has 2 nitrogen and oxygen atoms in total. The lowest BCUT2D eigenvalue weighted by Crippen LogP contribution is -2.31. The average Bonchev–Trinajstić information content (AvgIpc) is 2.06. The Labute approximate surface area is 80.3 Å². The number of hydrogen-bond donors (Lipinski definition) is 2. The van der Waals surface area contributed by atoms with Crippen LogP contribution in [0.1, 0.15) is 39.5 Å². The summed E-state index contributed by atoms with van der Waals surface area (Å²) in [5.74, 6) is 0.263. The van der Waals surface area contributed by atoms with Crippen molar-refractivity contribution in [1.29, 1.82) is 0 Å². The zero-order valence-electron chi connectivity index (χ0n) is 8.53. The Hall–Kier alpha value is -0.340. The van der Waals surface area contributed by atoms with Crippen LogP contribution in [0.25, 0.3) is 0 Å². The van der Waals surface area contributed by atoms with Gasteiger partial charge in [-0.25, -0.2) is 0 Å². The van der Waals surface area contributed by atoms with Crippen LogP contribution in [0.5, 0.6) is 0 Å². The third-order valence-electron chi connectivity index (χ3n) is 2.74. The molecule has 2 N–H and O–H groups in total. The second-order valence-corrected chi connectivity index (χ2v) is 4.31. The summed E-state index contributed by atoms with van der Waals surface area (Å²) in [5, 5.41) is 19.1. The van der Waals surface area contributed by atoms with E-state index in [0.717, 1.165) is 25.7 Å². The van der Waals surface area contributed by atoms with Gasteiger partial charge >= 0.3 is 0 Å². The Morgan fingerprint density at radius 2 is 2.00 bits per heavy atom. The highest BCUT2D eigenvalue weighted by atomic mass is 16.3. The molecule has 0 aromatic rings. The summed E-state index contributed by atoms with van der Waals surface area (Å²) >= 11 is 0. The average molecular weight is 184 g/mol. The molecular weight excluding hydrogens is 164 g/mol. The van der Waals surface area contributed by atoms with Gasteiger partial charge in [-0.15, -0.1) is 0 Å². The van der Waals surface area contributed by atoms with E-state index < -0.39 is 0 Å². The zero-order valence-corrected chi connectivity index (χ0v) is 8.53. The summed E-state index contributed by atoms with van der Waals surface area (Å²) in [5.41, 5.74) is 1.28. The number of aliphatic hydroxyl groups is 2. The predicted molar refractivity (Wildman–Crippen MR) is 53.4 cm³/mol. The van der Waals surface area contributed by atoms with E-state index in [9.17, 15) is 10.2 Å². The van der Waals surface area contributed by atoms with Gasteiger partial charge in [-0.05, 0) is 45.4 Å². The van der Waals surface area contributed by atoms with Gasteiger partial charge in [0.1, 0.15) is 0 Å². The quantitative estimate of drug-likeness (QED) is 0.643. The largest absolute Gasteiger partial charge is 0.393 e. The molecular formula is C11H20O2. The lowest BCUT2D eigenvalue weighted by atomic mass is 9.82. The van der Waals surface area contributed by atoms with Crippen LogP contribution < -0.4 is 0 Å². The van der Waals surface area contributed by atoms with Gasteiger partial charge in [0.25, 0.3) is 0 Å². The summed E-state index contributed by atoms with van der Waals surface area (Å²) in [4.78, 5) is 0. The molecule has 0 amide bonds. The van der Waals surface area contributed by atoms with E-state index in [0.29, 0.717) is 0 Å². The number of aliphatic hydroxyl groups excluding tert-OH is 2. The first-order valence-corrected chi connectivity index (χ1v) is 5.09. The Morgan fingerprint density at radius 3 is 2.62 bits per heavy atom. The second kappa shape index (κ2) is 4.77. The highest BCUT2D eigenvalue weighted by Crippen LogP contribution is 2.27. The molecule has 0 saturated heterocycles. The molecule has 0 radical (unpaired) electrons. The molecule has 1 fully saturated rings. The topological polar surface area (TPSA) is 40.5 Å². The first-order chi connectivity index (χ1) is 6.09. The second-order valence-electron chi connectivity index (χ2n) is 4.31. The van der Waals surface area contributed by atoms with E-state index in [2.05, 4.69) is 19.9 Å². The van der Waals surface area contributed by atoms with Crippen molar-refractivity contribution in [2.45, 2.75) is 51.7 Å². The number of allylic oxidation sites excluding steroid dienone is 2. The maximum atomic E-state index is 9.66. The molecule has 0 aromatic heterocycles. The normalized spacial score (nSPS) is 34.3. The van der Waals surface area contributed by atoms with E-state index in [1.54, 1.807) is 0 Å².